The first-order valence-corrected chi connectivity index (χ1v) is 6.88. The molecule has 0 aromatic heterocycles. The number of aromatic hydroxyl groups is 1. The largest absolute Gasteiger partial charge is 0.507 e. The Kier molecular flexibility index (Phi) is 4.50. The van der Waals surface area contributed by atoms with Crippen LogP contribution < -0.4 is 0 Å². The summed E-state index contributed by atoms with van der Waals surface area (Å²) in [7, 11) is 0. The lowest BCUT2D eigenvalue weighted by Crippen LogP contribution is -1.96. The highest BCUT2D eigenvalue weighted by atomic mass is 16.4. The molecule has 0 aliphatic carbocycles. The van der Waals surface area contributed by atoms with Gasteiger partial charge in [0.2, 0.25) is 0 Å². The molecule has 0 aliphatic rings. The summed E-state index contributed by atoms with van der Waals surface area (Å²) in [6.45, 7) is 2.95. The van der Waals surface area contributed by atoms with Gasteiger partial charge in [-0.1, -0.05) is 18.2 Å². The molecule has 0 aliphatic heterocycles. The summed E-state index contributed by atoms with van der Waals surface area (Å²) in [4.78, 5) is 21.9. The molecule has 3 N–H and O–H groups in total. The minimum atomic E-state index is -1.04. The lowest BCUT2D eigenvalue weighted by molar-refractivity contribution is -0.133. The molecule has 0 unspecified atom stereocenters. The smallest absolute Gasteiger partial charge is 0.331 e. The van der Waals surface area contributed by atoms with Crippen molar-refractivity contribution in [1.29, 1.82) is 0 Å². The molecule has 0 radical (unpaired) electrons. The van der Waals surface area contributed by atoms with Crippen molar-refractivity contribution in [3.8, 4) is 5.75 Å². The molecule has 0 saturated carbocycles. The molecule has 5 heteroatoms. The minimum absolute atomic E-state index is 0.00941. The summed E-state index contributed by atoms with van der Waals surface area (Å²) >= 11 is 0. The highest BCUT2D eigenvalue weighted by Crippen LogP contribution is 2.31. The van der Waals surface area contributed by atoms with Crippen LogP contribution in [0, 0.1) is 0 Å². The fourth-order valence-corrected chi connectivity index (χ4v) is 2.23. The van der Waals surface area contributed by atoms with Gasteiger partial charge in [-0.05, 0) is 54.6 Å². The van der Waals surface area contributed by atoms with Crippen molar-refractivity contribution in [3.05, 3.63) is 52.6 Å². The van der Waals surface area contributed by atoms with Crippen LogP contribution in [0.2, 0.25) is 0 Å². The molecule has 23 heavy (non-hydrogen) atoms. The van der Waals surface area contributed by atoms with Crippen molar-refractivity contribution in [2.75, 3.05) is 0 Å². The summed E-state index contributed by atoms with van der Waals surface area (Å²) < 4.78 is 0. The zero-order valence-electron chi connectivity index (χ0n) is 12.7. The number of phenolic OH excluding ortho intramolecular Hbond substituents is 1. The number of aliphatic carboxylic acids is 2. The molecular formula is C18H16O5. The quantitative estimate of drug-likeness (QED) is 0.751. The van der Waals surface area contributed by atoms with E-state index in [4.69, 9.17) is 10.2 Å². The van der Waals surface area contributed by atoms with E-state index < -0.39 is 11.9 Å². The number of phenols is 1. The molecule has 0 fully saturated rings. The van der Waals surface area contributed by atoms with Crippen LogP contribution in [0.25, 0.3) is 22.9 Å². The van der Waals surface area contributed by atoms with Gasteiger partial charge >= 0.3 is 11.9 Å². The first-order valence-electron chi connectivity index (χ1n) is 6.88. The Morgan fingerprint density at radius 3 is 2.13 bits per heavy atom. The molecule has 0 saturated heterocycles. The highest BCUT2D eigenvalue weighted by Gasteiger charge is 2.08. The van der Waals surface area contributed by atoms with Gasteiger partial charge in [0, 0.05) is 16.5 Å². The summed E-state index contributed by atoms with van der Waals surface area (Å²) in [5.41, 5.74) is 1.47. The first kappa shape index (κ1) is 16.3. The molecule has 0 heterocycles. The van der Waals surface area contributed by atoms with Crippen molar-refractivity contribution in [1.82, 2.24) is 0 Å². The number of carboxylic acid groups (broad SMARTS) is 2. The molecule has 0 atom stereocenters. The monoisotopic (exact) mass is 312 g/mol. The molecule has 2 aromatic rings. The van der Waals surface area contributed by atoms with E-state index in [0.29, 0.717) is 21.9 Å². The van der Waals surface area contributed by atoms with Crippen molar-refractivity contribution in [2.45, 2.75) is 13.8 Å². The predicted molar refractivity (Wildman–Crippen MR) is 88.2 cm³/mol. The number of fused-ring (bicyclic) bond motifs is 1. The van der Waals surface area contributed by atoms with E-state index in [9.17, 15) is 14.7 Å². The van der Waals surface area contributed by atoms with Crippen molar-refractivity contribution < 1.29 is 24.9 Å². The van der Waals surface area contributed by atoms with Crippen LogP contribution in [0.3, 0.4) is 0 Å². The molecule has 118 valence electrons. The van der Waals surface area contributed by atoms with Gasteiger partial charge in [-0.3, -0.25) is 0 Å². The Morgan fingerprint density at radius 1 is 0.913 bits per heavy atom. The Bertz CT molecular complexity index is 859. The van der Waals surface area contributed by atoms with Crippen LogP contribution in [0.4, 0.5) is 0 Å². The normalized spacial score (nSPS) is 12.4. The van der Waals surface area contributed by atoms with Gasteiger partial charge in [0.25, 0.3) is 0 Å². The molecule has 0 bridgehead atoms. The zero-order valence-corrected chi connectivity index (χ0v) is 12.7. The van der Waals surface area contributed by atoms with Crippen molar-refractivity contribution in [3.63, 3.8) is 0 Å². The molecule has 0 spiro atoms. The van der Waals surface area contributed by atoms with E-state index in [-0.39, 0.29) is 16.9 Å². The van der Waals surface area contributed by atoms with E-state index in [2.05, 4.69) is 0 Å². The van der Waals surface area contributed by atoms with Crippen LogP contribution >= 0.6 is 0 Å². The third-order valence-electron chi connectivity index (χ3n) is 3.46. The lowest BCUT2D eigenvalue weighted by Gasteiger charge is -2.08. The van der Waals surface area contributed by atoms with E-state index in [1.54, 1.807) is 24.3 Å². The Morgan fingerprint density at radius 2 is 1.52 bits per heavy atom. The Balaban J connectivity index is 2.70. The maximum absolute atomic E-state index is 11.0. The second kappa shape index (κ2) is 6.36. The lowest BCUT2D eigenvalue weighted by atomic mass is 9.98. The number of carbonyl (C=O) groups is 2. The van der Waals surface area contributed by atoms with E-state index in [1.807, 2.05) is 0 Å². The van der Waals surface area contributed by atoms with Gasteiger partial charge < -0.3 is 15.3 Å². The SMILES string of the molecule is CC(=Cc1cc(O)c2cccc(C=C(C)C(=O)O)c2c1)C(=O)O. The van der Waals surface area contributed by atoms with Crippen LogP contribution in [0.15, 0.2) is 41.5 Å². The number of rotatable bonds is 4. The summed E-state index contributed by atoms with van der Waals surface area (Å²) in [5, 5.41) is 29.3. The number of hydrogen-bond acceptors (Lipinski definition) is 3. The highest BCUT2D eigenvalue weighted by molar-refractivity contribution is 6.00. The topological polar surface area (TPSA) is 94.8 Å². The second-order valence-electron chi connectivity index (χ2n) is 5.25. The van der Waals surface area contributed by atoms with Gasteiger partial charge in [0.1, 0.15) is 5.75 Å². The van der Waals surface area contributed by atoms with E-state index in [1.165, 1.54) is 32.1 Å². The molecule has 5 nitrogen and oxygen atoms in total. The fourth-order valence-electron chi connectivity index (χ4n) is 2.23. The fraction of sp³-hybridized carbons (Fsp3) is 0.111. The van der Waals surface area contributed by atoms with Gasteiger partial charge in [-0.25, -0.2) is 9.59 Å². The van der Waals surface area contributed by atoms with Crippen molar-refractivity contribution in [2.24, 2.45) is 0 Å². The minimum Gasteiger partial charge on any atom is -0.507 e. The van der Waals surface area contributed by atoms with Crippen LogP contribution in [0.1, 0.15) is 25.0 Å². The van der Waals surface area contributed by atoms with Crippen molar-refractivity contribution >= 4 is 34.9 Å². The second-order valence-corrected chi connectivity index (χ2v) is 5.25. The summed E-state index contributed by atoms with van der Waals surface area (Å²) in [6, 6.07) is 8.39. The number of benzene rings is 2. The molecular weight excluding hydrogens is 296 g/mol. The summed E-state index contributed by atoms with van der Waals surface area (Å²) in [5.74, 6) is -2.06. The average molecular weight is 312 g/mol. The average Bonchev–Trinajstić information content (AvgIpc) is 2.47. The van der Waals surface area contributed by atoms with Crippen LogP contribution in [-0.4, -0.2) is 27.3 Å². The standard InChI is InChI=1S/C18H16O5/c1-10(17(20)21)6-12-8-15-13(7-11(2)18(22)23)4-3-5-14(15)16(19)9-12/h3-9,19H,1-2H3,(H,20,21)(H,22,23). The predicted octanol–water partition coefficient (Wildman–Crippen LogP) is 3.52. The molecule has 2 rings (SSSR count). The van der Waals surface area contributed by atoms with Gasteiger partial charge in [0.15, 0.2) is 0 Å². The van der Waals surface area contributed by atoms with Gasteiger partial charge in [0.05, 0.1) is 0 Å². The number of carboxylic acids is 2. The first-order chi connectivity index (χ1) is 10.8. The van der Waals surface area contributed by atoms with Crippen LogP contribution in [-0.2, 0) is 9.59 Å². The third kappa shape index (κ3) is 3.58. The van der Waals surface area contributed by atoms with E-state index >= 15 is 0 Å². The van der Waals surface area contributed by atoms with Gasteiger partial charge in [-0.15, -0.1) is 0 Å². The maximum atomic E-state index is 11.0. The third-order valence-corrected chi connectivity index (χ3v) is 3.46. The molecule has 0 amide bonds. The Labute approximate surface area is 132 Å². The summed E-state index contributed by atoms with van der Waals surface area (Å²) in [6.07, 6.45) is 2.97. The maximum Gasteiger partial charge on any atom is 0.331 e. The Hall–Kier alpha value is -3.08. The molecule has 2 aromatic carbocycles. The van der Waals surface area contributed by atoms with E-state index in [0.717, 1.165) is 0 Å². The van der Waals surface area contributed by atoms with Crippen LogP contribution in [0.5, 0.6) is 5.75 Å². The van der Waals surface area contributed by atoms with Gasteiger partial charge in [-0.2, -0.15) is 0 Å². The number of hydrogen-bond donors (Lipinski definition) is 3. The zero-order chi connectivity index (χ0) is 17.1.